The summed E-state index contributed by atoms with van der Waals surface area (Å²) in [7, 11) is 3.07. The molecule has 0 unspecified atom stereocenters. The third-order valence-corrected chi connectivity index (χ3v) is 5.46. The number of ether oxygens (including phenoxy) is 2. The predicted octanol–water partition coefficient (Wildman–Crippen LogP) is 2.51. The molecule has 2 aromatic carbocycles. The van der Waals surface area contributed by atoms with Crippen LogP contribution in [-0.2, 0) is 0 Å². The summed E-state index contributed by atoms with van der Waals surface area (Å²) in [5, 5.41) is 4.35. The lowest BCUT2D eigenvalue weighted by molar-refractivity contribution is 0.0640. The van der Waals surface area contributed by atoms with E-state index in [9.17, 15) is 14.0 Å². The summed E-state index contributed by atoms with van der Waals surface area (Å²) in [6, 6.07) is 10.5. The number of urea groups is 1. The van der Waals surface area contributed by atoms with Gasteiger partial charge in [0, 0.05) is 37.6 Å². The summed E-state index contributed by atoms with van der Waals surface area (Å²) < 4.78 is 23.7. The molecule has 2 N–H and O–H groups in total. The van der Waals surface area contributed by atoms with Gasteiger partial charge in [-0.1, -0.05) is 0 Å². The van der Waals surface area contributed by atoms with Crippen molar-refractivity contribution in [3.05, 3.63) is 53.8 Å². The van der Waals surface area contributed by atoms with Crippen molar-refractivity contribution < 1.29 is 23.5 Å². The summed E-state index contributed by atoms with van der Waals surface area (Å²) in [6.07, 6.45) is 1.06. The van der Waals surface area contributed by atoms with Crippen LogP contribution in [0.25, 0.3) is 0 Å². The summed E-state index contributed by atoms with van der Waals surface area (Å²) >= 11 is 0. The van der Waals surface area contributed by atoms with Crippen molar-refractivity contribution in [2.45, 2.75) is 18.5 Å². The van der Waals surface area contributed by atoms with Crippen LogP contribution in [0.2, 0.25) is 0 Å². The monoisotopic (exact) mass is 414 g/mol. The number of hydrogen-bond acceptors (Lipinski definition) is 5. The Kier molecular flexibility index (Phi) is 5.21. The van der Waals surface area contributed by atoms with Gasteiger partial charge < -0.3 is 19.7 Å². The van der Waals surface area contributed by atoms with Gasteiger partial charge in [-0.15, -0.1) is 0 Å². The minimum absolute atomic E-state index is 0.123. The Labute approximate surface area is 173 Å². The lowest BCUT2D eigenvalue weighted by atomic mass is 9.97. The lowest BCUT2D eigenvalue weighted by Crippen LogP contribution is -2.58. The largest absolute Gasteiger partial charge is 0.497 e. The van der Waals surface area contributed by atoms with Crippen LogP contribution in [0, 0.1) is 5.82 Å². The second kappa shape index (κ2) is 7.83. The van der Waals surface area contributed by atoms with Gasteiger partial charge in [0.05, 0.1) is 19.9 Å². The number of rotatable bonds is 4. The number of nitrogens with one attached hydrogen (secondary N) is 2. The fraction of sp³-hybridized carbons (Fsp3) is 0.333. The second-order valence-electron chi connectivity index (χ2n) is 7.33. The molecule has 0 aliphatic carbocycles. The number of benzene rings is 2. The molecule has 30 heavy (non-hydrogen) atoms. The van der Waals surface area contributed by atoms with Gasteiger partial charge in [-0.2, -0.15) is 0 Å². The molecule has 2 aromatic rings. The van der Waals surface area contributed by atoms with E-state index in [1.54, 1.807) is 23.1 Å². The molecule has 2 aliphatic heterocycles. The van der Waals surface area contributed by atoms with Gasteiger partial charge in [0.15, 0.2) is 0 Å². The van der Waals surface area contributed by atoms with E-state index in [1.807, 2.05) is 0 Å². The third-order valence-electron chi connectivity index (χ3n) is 5.46. The zero-order chi connectivity index (χ0) is 21.3. The van der Waals surface area contributed by atoms with Crippen LogP contribution < -0.4 is 25.2 Å². The van der Waals surface area contributed by atoms with Crippen molar-refractivity contribution in [1.29, 1.82) is 0 Å². The Hall–Kier alpha value is -3.33. The van der Waals surface area contributed by atoms with Gasteiger partial charge >= 0.3 is 6.03 Å². The molecule has 3 amide bonds. The molecule has 9 heteroatoms. The molecule has 4 rings (SSSR count). The lowest BCUT2D eigenvalue weighted by Gasteiger charge is -2.38. The number of carbonyl (C=O) groups excluding carboxylic acids is 2. The number of amides is 3. The smallest absolute Gasteiger partial charge is 0.338 e. The van der Waals surface area contributed by atoms with Gasteiger partial charge in [0.25, 0.3) is 5.91 Å². The van der Waals surface area contributed by atoms with E-state index < -0.39 is 5.66 Å². The number of hydrazine groups is 1. The number of nitrogens with zero attached hydrogens (tertiary/aromatic N) is 2. The molecule has 158 valence electrons. The molecule has 0 radical (unpaired) electrons. The zero-order valence-corrected chi connectivity index (χ0v) is 16.8. The van der Waals surface area contributed by atoms with Crippen LogP contribution in [-0.4, -0.2) is 49.8 Å². The Morgan fingerprint density at radius 2 is 1.63 bits per heavy atom. The second-order valence-corrected chi connectivity index (χ2v) is 7.33. The highest BCUT2D eigenvalue weighted by molar-refractivity contribution is 5.96. The van der Waals surface area contributed by atoms with Crippen molar-refractivity contribution in [2.75, 3.05) is 32.3 Å². The van der Waals surface area contributed by atoms with Crippen molar-refractivity contribution in [3.8, 4) is 11.5 Å². The predicted molar refractivity (Wildman–Crippen MR) is 108 cm³/mol. The first-order chi connectivity index (χ1) is 14.4. The van der Waals surface area contributed by atoms with Crippen LogP contribution in [0.1, 0.15) is 23.2 Å². The molecular formula is C21H23FN4O4. The molecule has 1 spiro atoms. The number of carbonyl (C=O) groups is 2. The van der Waals surface area contributed by atoms with E-state index in [4.69, 9.17) is 9.47 Å². The third kappa shape index (κ3) is 3.76. The highest BCUT2D eigenvalue weighted by Crippen LogP contribution is 2.29. The topological polar surface area (TPSA) is 83.1 Å². The number of likely N-dealkylation sites (tertiary alicyclic amines) is 1. The van der Waals surface area contributed by atoms with Crippen molar-refractivity contribution in [1.82, 2.24) is 15.6 Å². The van der Waals surface area contributed by atoms with Crippen LogP contribution >= 0.6 is 0 Å². The average molecular weight is 414 g/mol. The first-order valence-electron chi connectivity index (χ1n) is 9.61. The Morgan fingerprint density at radius 1 is 1.03 bits per heavy atom. The maximum atomic E-state index is 13.2. The van der Waals surface area contributed by atoms with Crippen molar-refractivity contribution in [2.24, 2.45) is 0 Å². The Morgan fingerprint density at radius 3 is 2.20 bits per heavy atom. The molecule has 0 atom stereocenters. The van der Waals surface area contributed by atoms with E-state index in [0.29, 0.717) is 48.7 Å². The van der Waals surface area contributed by atoms with Gasteiger partial charge in [0.2, 0.25) is 0 Å². The first-order valence-corrected chi connectivity index (χ1v) is 9.61. The normalized spacial score (nSPS) is 17.8. The van der Waals surface area contributed by atoms with Crippen LogP contribution in [0.15, 0.2) is 42.5 Å². The van der Waals surface area contributed by atoms with Gasteiger partial charge in [0.1, 0.15) is 23.0 Å². The fourth-order valence-electron chi connectivity index (χ4n) is 3.77. The highest BCUT2D eigenvalue weighted by atomic mass is 19.1. The molecule has 2 aliphatic rings. The molecule has 2 fully saturated rings. The van der Waals surface area contributed by atoms with Crippen molar-refractivity contribution in [3.63, 3.8) is 0 Å². The molecule has 0 saturated carbocycles. The molecule has 0 aromatic heterocycles. The maximum absolute atomic E-state index is 13.2. The zero-order valence-electron chi connectivity index (χ0n) is 16.8. The van der Waals surface area contributed by atoms with E-state index in [2.05, 4.69) is 10.7 Å². The van der Waals surface area contributed by atoms with Gasteiger partial charge in [-0.25, -0.2) is 19.6 Å². The van der Waals surface area contributed by atoms with Crippen LogP contribution in [0.4, 0.5) is 14.9 Å². The fourth-order valence-corrected chi connectivity index (χ4v) is 3.77. The highest BCUT2D eigenvalue weighted by Gasteiger charge is 2.45. The number of halogens is 1. The summed E-state index contributed by atoms with van der Waals surface area (Å²) in [5.74, 6) is 0.604. The Bertz CT molecular complexity index is 936. The SMILES string of the molecule is COc1cc(OC)cc(C(=O)N2CCC3(CC2)NC(=O)N(c2ccc(F)cc2)N3)c1. The first kappa shape index (κ1) is 20.0. The van der Waals surface area contributed by atoms with Crippen LogP contribution in [0.3, 0.4) is 0 Å². The number of anilines is 1. The minimum atomic E-state index is -0.645. The summed E-state index contributed by atoms with van der Waals surface area (Å²) in [6.45, 7) is 0.922. The summed E-state index contributed by atoms with van der Waals surface area (Å²) in [4.78, 5) is 27.2. The molecule has 0 bridgehead atoms. The quantitative estimate of drug-likeness (QED) is 0.803. The van der Waals surface area contributed by atoms with E-state index in [-0.39, 0.29) is 17.8 Å². The Balaban J connectivity index is 1.44. The minimum Gasteiger partial charge on any atom is -0.497 e. The number of hydrogen-bond donors (Lipinski definition) is 2. The maximum Gasteiger partial charge on any atom is 0.338 e. The molecule has 8 nitrogen and oxygen atoms in total. The standard InChI is InChI=1S/C21H23FN4O4/c1-29-17-11-14(12-18(13-17)30-2)19(27)25-9-7-21(8-10-25)23-20(28)26(24-21)16-5-3-15(22)4-6-16/h3-6,11-13,24H,7-10H2,1-2H3,(H,23,28). The summed E-state index contributed by atoms with van der Waals surface area (Å²) in [5.41, 5.74) is 3.59. The number of piperidine rings is 1. The average Bonchev–Trinajstić information content (AvgIpc) is 3.09. The molecular weight excluding hydrogens is 391 g/mol. The van der Waals surface area contributed by atoms with Crippen molar-refractivity contribution >= 4 is 17.6 Å². The van der Waals surface area contributed by atoms with E-state index in [0.717, 1.165) is 0 Å². The molecule has 2 saturated heterocycles. The molecule has 2 heterocycles. The van der Waals surface area contributed by atoms with E-state index in [1.165, 1.54) is 43.5 Å². The number of methoxy groups -OCH3 is 2. The van der Waals surface area contributed by atoms with E-state index >= 15 is 0 Å². The van der Waals surface area contributed by atoms with Crippen LogP contribution in [0.5, 0.6) is 11.5 Å². The van der Waals surface area contributed by atoms with Gasteiger partial charge in [-0.05, 0) is 36.4 Å². The van der Waals surface area contributed by atoms with Gasteiger partial charge in [-0.3, -0.25) is 4.79 Å².